The number of ether oxygens (including phenoxy) is 1. The van der Waals surface area contributed by atoms with E-state index in [0.717, 1.165) is 19.2 Å². The zero-order chi connectivity index (χ0) is 26.6. The number of carbonyl (C=O) groups excluding carboxylic acids is 2. The molecule has 2 aromatic carbocycles. The Kier molecular flexibility index (Phi) is 8.33. The van der Waals surface area contributed by atoms with Crippen LogP contribution >= 0.6 is 11.6 Å². The number of benzene rings is 2. The smallest absolute Gasteiger partial charge is 0.417 e. The Morgan fingerprint density at radius 3 is 2.32 bits per heavy atom. The third-order valence-corrected chi connectivity index (χ3v) is 7.40. The molecule has 6 nitrogen and oxygen atoms in total. The van der Waals surface area contributed by atoms with Crippen LogP contribution in [0.1, 0.15) is 35.2 Å². The number of piperidine rings is 1. The Balaban J connectivity index is 1.57. The van der Waals surface area contributed by atoms with Crippen molar-refractivity contribution < 1.29 is 27.5 Å². The van der Waals surface area contributed by atoms with Crippen molar-refractivity contribution in [1.82, 2.24) is 14.7 Å². The monoisotopic (exact) mass is 537 g/mol. The first kappa shape index (κ1) is 27.3. The number of rotatable bonds is 6. The van der Waals surface area contributed by atoms with Crippen LogP contribution < -0.4 is 4.74 Å². The maximum Gasteiger partial charge on any atom is 0.417 e. The lowest BCUT2D eigenvalue weighted by Crippen LogP contribution is -2.53. The number of hydrogen-bond donors (Lipinski definition) is 0. The topological polar surface area (TPSA) is 53.1 Å². The van der Waals surface area contributed by atoms with Crippen LogP contribution in [0.25, 0.3) is 0 Å². The molecule has 1 atom stereocenters. The average Bonchev–Trinajstić information content (AvgIpc) is 2.88. The van der Waals surface area contributed by atoms with E-state index in [1.807, 2.05) is 11.9 Å². The van der Waals surface area contributed by atoms with Gasteiger partial charge in [0.15, 0.2) is 0 Å². The summed E-state index contributed by atoms with van der Waals surface area (Å²) in [5.74, 6) is -0.143. The van der Waals surface area contributed by atoms with Gasteiger partial charge < -0.3 is 19.4 Å². The first-order valence-corrected chi connectivity index (χ1v) is 12.7. The molecular weight excluding hydrogens is 507 g/mol. The molecule has 4 rings (SSSR count). The molecule has 2 heterocycles. The molecule has 0 radical (unpaired) electrons. The Labute approximate surface area is 219 Å². The van der Waals surface area contributed by atoms with Gasteiger partial charge in [0.25, 0.3) is 5.91 Å². The van der Waals surface area contributed by atoms with Crippen LogP contribution in [0.2, 0.25) is 5.02 Å². The van der Waals surface area contributed by atoms with Crippen molar-refractivity contribution in [1.29, 1.82) is 0 Å². The Morgan fingerprint density at radius 1 is 0.973 bits per heavy atom. The fourth-order valence-electron chi connectivity index (χ4n) is 5.04. The quantitative estimate of drug-likeness (QED) is 0.530. The summed E-state index contributed by atoms with van der Waals surface area (Å²) in [4.78, 5) is 32.1. The summed E-state index contributed by atoms with van der Waals surface area (Å²) in [5, 5.41) is 0.560. The predicted molar refractivity (Wildman–Crippen MR) is 135 cm³/mol. The van der Waals surface area contributed by atoms with Crippen molar-refractivity contribution in [3.63, 3.8) is 0 Å². The lowest BCUT2D eigenvalue weighted by molar-refractivity contribution is -0.138. The summed E-state index contributed by atoms with van der Waals surface area (Å²) in [6.07, 6.45) is -3.33. The lowest BCUT2D eigenvalue weighted by Gasteiger charge is -2.43. The van der Waals surface area contributed by atoms with Crippen LogP contribution in [0.4, 0.5) is 13.2 Å². The van der Waals surface area contributed by atoms with Gasteiger partial charge in [-0.25, -0.2) is 0 Å². The van der Waals surface area contributed by atoms with E-state index in [4.69, 9.17) is 16.3 Å². The molecule has 200 valence electrons. The van der Waals surface area contributed by atoms with Gasteiger partial charge in [0.1, 0.15) is 5.75 Å². The minimum atomic E-state index is -4.64. The second kappa shape index (κ2) is 11.3. The summed E-state index contributed by atoms with van der Waals surface area (Å²) >= 11 is 5.98. The fraction of sp³-hybridized carbons (Fsp3) is 0.481. The van der Waals surface area contributed by atoms with Gasteiger partial charge in [-0.2, -0.15) is 13.2 Å². The molecular formula is C27H31ClF3N3O3. The highest BCUT2D eigenvalue weighted by atomic mass is 35.5. The van der Waals surface area contributed by atoms with Gasteiger partial charge >= 0.3 is 6.18 Å². The fourth-order valence-corrected chi connectivity index (χ4v) is 5.16. The molecule has 2 amide bonds. The van der Waals surface area contributed by atoms with Gasteiger partial charge in [-0.05, 0) is 56.3 Å². The summed E-state index contributed by atoms with van der Waals surface area (Å²) in [6.45, 7) is 3.38. The Bertz CT molecular complexity index is 1100. The van der Waals surface area contributed by atoms with E-state index >= 15 is 0 Å². The second-order valence-corrected chi connectivity index (χ2v) is 10.4. The van der Waals surface area contributed by atoms with Crippen LogP contribution in [0.3, 0.4) is 0 Å². The number of hydrogen-bond acceptors (Lipinski definition) is 4. The lowest BCUT2D eigenvalue weighted by atomic mass is 9.77. The highest BCUT2D eigenvalue weighted by molar-refractivity contribution is 6.30. The molecule has 1 unspecified atom stereocenters. The molecule has 0 aliphatic carbocycles. The van der Waals surface area contributed by atoms with Gasteiger partial charge in [-0.1, -0.05) is 23.7 Å². The number of piperazine rings is 1. The van der Waals surface area contributed by atoms with Crippen molar-refractivity contribution in [3.8, 4) is 5.75 Å². The molecule has 37 heavy (non-hydrogen) atoms. The summed E-state index contributed by atoms with van der Waals surface area (Å²) < 4.78 is 46.9. The zero-order valence-electron chi connectivity index (χ0n) is 20.8. The van der Waals surface area contributed by atoms with Crippen LogP contribution in [0.15, 0.2) is 48.5 Å². The molecule has 2 aliphatic heterocycles. The maximum atomic E-state index is 13.6. The van der Waals surface area contributed by atoms with Crippen LogP contribution in [0, 0.1) is 5.41 Å². The van der Waals surface area contributed by atoms with Crippen LogP contribution in [-0.4, -0.2) is 79.4 Å². The van der Waals surface area contributed by atoms with Gasteiger partial charge in [0, 0.05) is 56.1 Å². The van der Waals surface area contributed by atoms with Gasteiger partial charge in [0.2, 0.25) is 5.91 Å². The Hall–Kier alpha value is -2.78. The number of halogens is 4. The van der Waals surface area contributed by atoms with E-state index in [1.165, 1.54) is 23.1 Å². The molecule has 0 spiro atoms. The van der Waals surface area contributed by atoms with Crippen LogP contribution in [0.5, 0.6) is 5.75 Å². The third-order valence-electron chi connectivity index (χ3n) is 7.15. The normalized spacial score (nSPS) is 21.1. The molecule has 2 aliphatic rings. The van der Waals surface area contributed by atoms with Gasteiger partial charge in [0.05, 0.1) is 17.7 Å². The molecule has 0 N–H and O–H groups in total. The highest BCUT2D eigenvalue weighted by Gasteiger charge is 2.43. The van der Waals surface area contributed by atoms with E-state index in [0.29, 0.717) is 43.2 Å². The van der Waals surface area contributed by atoms with Crippen molar-refractivity contribution >= 4 is 23.4 Å². The number of likely N-dealkylation sites (tertiary alicyclic amines) is 1. The summed E-state index contributed by atoms with van der Waals surface area (Å²) in [7, 11) is 2.01. The van der Waals surface area contributed by atoms with Crippen LogP contribution in [-0.2, 0) is 11.0 Å². The summed E-state index contributed by atoms with van der Waals surface area (Å²) in [6, 6.07) is 11.7. The molecule has 2 fully saturated rings. The molecule has 0 bridgehead atoms. The van der Waals surface area contributed by atoms with Crippen molar-refractivity contribution in [2.75, 3.05) is 52.9 Å². The average molecular weight is 538 g/mol. The standard InChI is InChI=1S/C27H31ClF3N3O3/c1-32-13-15-33(16-14-32)24(35)17-26(19-37-21-9-7-20(28)8-10-21)11-4-12-34(18-26)25(36)22-5-2-3-6-23(22)27(29,30)31/h2-3,5-10H,4,11-19H2,1H3. The van der Waals surface area contributed by atoms with Crippen molar-refractivity contribution in [3.05, 3.63) is 64.7 Å². The molecule has 2 aromatic rings. The number of carbonyl (C=O) groups is 2. The van der Waals surface area contributed by atoms with E-state index in [1.54, 1.807) is 24.3 Å². The minimum absolute atomic E-state index is 0.0298. The first-order chi connectivity index (χ1) is 17.6. The molecule has 0 saturated carbocycles. The van der Waals surface area contributed by atoms with Gasteiger partial charge in [-0.3, -0.25) is 9.59 Å². The largest absolute Gasteiger partial charge is 0.493 e. The van der Waals surface area contributed by atoms with E-state index in [9.17, 15) is 22.8 Å². The van der Waals surface area contributed by atoms with Crippen molar-refractivity contribution in [2.45, 2.75) is 25.4 Å². The van der Waals surface area contributed by atoms with Gasteiger partial charge in [-0.15, -0.1) is 0 Å². The SMILES string of the molecule is CN1CCN(C(=O)CC2(COc3ccc(Cl)cc3)CCCN(C(=O)c3ccccc3C(F)(F)F)C2)CC1. The third kappa shape index (κ3) is 6.76. The van der Waals surface area contributed by atoms with E-state index in [-0.39, 0.29) is 31.0 Å². The summed E-state index contributed by atoms with van der Waals surface area (Å²) in [5.41, 5.74) is -2.07. The zero-order valence-corrected chi connectivity index (χ0v) is 21.5. The minimum Gasteiger partial charge on any atom is -0.493 e. The second-order valence-electron chi connectivity index (χ2n) is 9.98. The molecule has 10 heteroatoms. The predicted octanol–water partition coefficient (Wildman–Crippen LogP) is 4.82. The molecule has 0 aromatic heterocycles. The van der Waals surface area contributed by atoms with Crippen molar-refractivity contribution in [2.24, 2.45) is 5.41 Å². The molecule has 2 saturated heterocycles. The highest BCUT2D eigenvalue weighted by Crippen LogP contribution is 2.38. The number of nitrogens with zero attached hydrogens (tertiary/aromatic N) is 3. The maximum absolute atomic E-state index is 13.6. The number of amides is 2. The first-order valence-electron chi connectivity index (χ1n) is 12.4. The van der Waals surface area contributed by atoms with E-state index in [2.05, 4.69) is 4.90 Å². The number of alkyl halides is 3. The van der Waals surface area contributed by atoms with E-state index < -0.39 is 23.1 Å². The Morgan fingerprint density at radius 2 is 1.65 bits per heavy atom. The number of likely N-dealkylation sites (N-methyl/N-ethyl adjacent to an activating group) is 1.